The number of rotatable bonds is 9. The predicted molar refractivity (Wildman–Crippen MR) is 133 cm³/mol. The van der Waals surface area contributed by atoms with Crippen LogP contribution in [0.25, 0.3) is 6.08 Å². The number of hydrogen-bond acceptors (Lipinski definition) is 5. The summed E-state index contributed by atoms with van der Waals surface area (Å²) in [5.74, 6) is -0.850. The smallest absolute Gasteiger partial charge is 0.335 e. The van der Waals surface area contributed by atoms with Gasteiger partial charge >= 0.3 is 6.03 Å². The predicted octanol–water partition coefficient (Wildman–Crippen LogP) is 5.25. The molecule has 0 unspecified atom stereocenters. The number of carbonyl (C=O) groups is 3. The van der Waals surface area contributed by atoms with E-state index in [1.807, 2.05) is 0 Å². The molecule has 0 spiro atoms. The molecule has 1 aliphatic heterocycles. The Morgan fingerprint density at radius 2 is 1.64 bits per heavy atom. The Kier molecular flexibility index (Phi) is 7.75. The summed E-state index contributed by atoms with van der Waals surface area (Å²) in [5.41, 5.74) is 1.33. The van der Waals surface area contributed by atoms with Gasteiger partial charge in [-0.2, -0.15) is 0 Å². The number of urea groups is 1. The Morgan fingerprint density at radius 1 is 0.917 bits per heavy atom. The number of nitrogens with one attached hydrogen (secondary N) is 1. The molecular formula is C28H25FN2O5. The first-order valence-corrected chi connectivity index (χ1v) is 11.6. The number of halogens is 1. The lowest BCUT2D eigenvalue weighted by Gasteiger charge is -2.26. The van der Waals surface area contributed by atoms with Gasteiger partial charge in [0.05, 0.1) is 12.3 Å². The average molecular weight is 489 g/mol. The SMILES string of the molecule is CCCCOc1ccc(N2C(=O)NC(=O)/C(=C/c3ccccc3OCc3ccc(F)cc3)C2=O)cc1. The quantitative estimate of drug-likeness (QED) is 0.253. The Hall–Kier alpha value is -4.46. The molecular weight excluding hydrogens is 463 g/mol. The largest absolute Gasteiger partial charge is 0.494 e. The van der Waals surface area contributed by atoms with Gasteiger partial charge in [0.1, 0.15) is 29.5 Å². The minimum Gasteiger partial charge on any atom is -0.494 e. The van der Waals surface area contributed by atoms with Gasteiger partial charge in [0.15, 0.2) is 0 Å². The standard InChI is InChI=1S/C28H25FN2O5/c1-2-3-16-35-23-14-12-22(13-15-23)31-27(33)24(26(32)30-28(31)34)17-20-6-4-5-7-25(20)36-18-19-8-10-21(29)11-9-19/h4-15,17H,2-3,16,18H2,1H3,(H,30,32,34)/b24-17-. The first-order valence-electron chi connectivity index (χ1n) is 11.6. The van der Waals surface area contributed by atoms with Gasteiger partial charge in [0.2, 0.25) is 0 Å². The van der Waals surface area contributed by atoms with Crippen LogP contribution in [0.5, 0.6) is 11.5 Å². The van der Waals surface area contributed by atoms with E-state index in [-0.39, 0.29) is 18.0 Å². The first-order chi connectivity index (χ1) is 17.5. The molecule has 1 saturated heterocycles. The van der Waals surface area contributed by atoms with Gasteiger partial charge in [0.25, 0.3) is 11.8 Å². The van der Waals surface area contributed by atoms with Crippen molar-refractivity contribution in [2.45, 2.75) is 26.4 Å². The molecule has 184 valence electrons. The molecule has 0 radical (unpaired) electrons. The summed E-state index contributed by atoms with van der Waals surface area (Å²) in [6.07, 6.45) is 3.31. The van der Waals surface area contributed by atoms with Crippen LogP contribution in [-0.2, 0) is 16.2 Å². The number of ether oxygens (including phenoxy) is 2. The van der Waals surface area contributed by atoms with Gasteiger partial charge in [-0.05, 0) is 60.5 Å². The van der Waals surface area contributed by atoms with Gasteiger partial charge in [-0.25, -0.2) is 14.1 Å². The van der Waals surface area contributed by atoms with E-state index in [2.05, 4.69) is 12.2 Å². The number of para-hydroxylation sites is 1. The Labute approximate surface area is 208 Å². The van der Waals surface area contributed by atoms with E-state index in [9.17, 15) is 18.8 Å². The number of carbonyl (C=O) groups excluding carboxylic acids is 3. The van der Waals surface area contributed by atoms with Gasteiger partial charge in [-0.15, -0.1) is 0 Å². The highest BCUT2D eigenvalue weighted by molar-refractivity contribution is 6.39. The Morgan fingerprint density at radius 3 is 2.36 bits per heavy atom. The second-order valence-corrected chi connectivity index (χ2v) is 8.11. The molecule has 0 aliphatic carbocycles. The van der Waals surface area contributed by atoms with E-state index in [1.165, 1.54) is 18.2 Å². The van der Waals surface area contributed by atoms with Gasteiger partial charge in [-0.1, -0.05) is 43.7 Å². The van der Waals surface area contributed by atoms with Crippen molar-refractivity contribution in [2.24, 2.45) is 0 Å². The normalized spacial score (nSPS) is 14.7. The molecule has 7 nitrogen and oxygen atoms in total. The third-order valence-corrected chi connectivity index (χ3v) is 5.49. The van der Waals surface area contributed by atoms with Gasteiger partial charge in [-0.3, -0.25) is 14.9 Å². The van der Waals surface area contributed by atoms with Gasteiger partial charge < -0.3 is 9.47 Å². The summed E-state index contributed by atoms with van der Waals surface area (Å²) in [6.45, 7) is 2.80. The van der Waals surface area contributed by atoms with Crippen molar-refractivity contribution in [1.82, 2.24) is 5.32 Å². The van der Waals surface area contributed by atoms with Crippen molar-refractivity contribution >= 4 is 29.6 Å². The van der Waals surface area contributed by atoms with Crippen LogP contribution in [0, 0.1) is 5.82 Å². The third kappa shape index (κ3) is 5.78. The fourth-order valence-electron chi connectivity index (χ4n) is 3.55. The fraction of sp³-hybridized carbons (Fsp3) is 0.179. The molecule has 1 aliphatic rings. The van der Waals surface area contributed by atoms with Crippen LogP contribution in [0.15, 0.2) is 78.4 Å². The van der Waals surface area contributed by atoms with Crippen molar-refractivity contribution < 1.29 is 28.2 Å². The molecule has 3 aromatic rings. The van der Waals surface area contributed by atoms with Crippen LogP contribution in [-0.4, -0.2) is 24.5 Å². The molecule has 4 rings (SSSR count). The summed E-state index contributed by atoms with van der Waals surface area (Å²) in [6, 6.07) is 18.5. The molecule has 1 N–H and O–H groups in total. The molecule has 1 fully saturated rings. The molecule has 4 amide bonds. The van der Waals surface area contributed by atoms with E-state index in [0.29, 0.717) is 29.4 Å². The molecule has 0 saturated carbocycles. The third-order valence-electron chi connectivity index (χ3n) is 5.49. The van der Waals surface area contributed by atoms with E-state index in [1.54, 1.807) is 60.7 Å². The number of hydrogen-bond donors (Lipinski definition) is 1. The van der Waals surface area contributed by atoms with Crippen molar-refractivity contribution in [1.29, 1.82) is 0 Å². The maximum absolute atomic E-state index is 13.2. The minimum absolute atomic E-state index is 0.165. The average Bonchev–Trinajstić information content (AvgIpc) is 2.88. The monoisotopic (exact) mass is 488 g/mol. The zero-order valence-corrected chi connectivity index (χ0v) is 19.7. The van der Waals surface area contributed by atoms with Crippen LogP contribution in [0.2, 0.25) is 0 Å². The van der Waals surface area contributed by atoms with Crippen molar-refractivity contribution in [3.63, 3.8) is 0 Å². The first kappa shape index (κ1) is 24.7. The minimum atomic E-state index is -0.831. The number of nitrogens with zero attached hydrogens (tertiary/aromatic N) is 1. The number of anilines is 1. The Bertz CT molecular complexity index is 1290. The number of unbranched alkanes of at least 4 members (excludes halogenated alkanes) is 1. The maximum Gasteiger partial charge on any atom is 0.335 e. The fourth-order valence-corrected chi connectivity index (χ4v) is 3.55. The second kappa shape index (κ2) is 11.3. The maximum atomic E-state index is 13.2. The summed E-state index contributed by atoms with van der Waals surface area (Å²) in [4.78, 5) is 39.2. The zero-order chi connectivity index (χ0) is 25.5. The molecule has 36 heavy (non-hydrogen) atoms. The van der Waals surface area contributed by atoms with Crippen LogP contribution in [0.4, 0.5) is 14.9 Å². The lowest BCUT2D eigenvalue weighted by atomic mass is 10.1. The highest BCUT2D eigenvalue weighted by atomic mass is 19.1. The lowest BCUT2D eigenvalue weighted by Crippen LogP contribution is -2.54. The van der Waals surface area contributed by atoms with Crippen LogP contribution >= 0.6 is 0 Å². The summed E-state index contributed by atoms with van der Waals surface area (Å²) >= 11 is 0. The van der Waals surface area contributed by atoms with Crippen LogP contribution in [0.1, 0.15) is 30.9 Å². The van der Waals surface area contributed by atoms with E-state index >= 15 is 0 Å². The Balaban J connectivity index is 1.55. The second-order valence-electron chi connectivity index (χ2n) is 8.11. The summed E-state index contributed by atoms with van der Waals surface area (Å²) < 4.78 is 24.6. The number of imide groups is 2. The number of barbiturate groups is 1. The molecule has 0 aromatic heterocycles. The highest BCUT2D eigenvalue weighted by Gasteiger charge is 2.37. The van der Waals surface area contributed by atoms with Crippen molar-refractivity contribution in [3.8, 4) is 11.5 Å². The highest BCUT2D eigenvalue weighted by Crippen LogP contribution is 2.27. The van der Waals surface area contributed by atoms with Crippen LogP contribution < -0.4 is 19.7 Å². The van der Waals surface area contributed by atoms with Gasteiger partial charge in [0, 0.05) is 5.56 Å². The zero-order valence-electron chi connectivity index (χ0n) is 19.7. The topological polar surface area (TPSA) is 84.9 Å². The number of amides is 4. The lowest BCUT2D eigenvalue weighted by molar-refractivity contribution is -0.122. The van der Waals surface area contributed by atoms with E-state index in [4.69, 9.17) is 9.47 Å². The summed E-state index contributed by atoms with van der Waals surface area (Å²) in [5, 5.41) is 2.22. The van der Waals surface area contributed by atoms with Crippen molar-refractivity contribution in [2.75, 3.05) is 11.5 Å². The van der Waals surface area contributed by atoms with E-state index < -0.39 is 17.8 Å². The van der Waals surface area contributed by atoms with E-state index in [0.717, 1.165) is 23.3 Å². The molecule has 3 aromatic carbocycles. The molecule has 0 atom stereocenters. The molecule has 0 bridgehead atoms. The van der Waals surface area contributed by atoms with Crippen LogP contribution in [0.3, 0.4) is 0 Å². The molecule has 8 heteroatoms. The van der Waals surface area contributed by atoms with Crippen molar-refractivity contribution in [3.05, 3.63) is 95.3 Å². The number of benzene rings is 3. The summed E-state index contributed by atoms with van der Waals surface area (Å²) in [7, 11) is 0. The molecule has 1 heterocycles.